The number of para-hydroxylation sites is 1. The highest BCUT2D eigenvalue weighted by atomic mass is 32.2. The fourth-order valence-corrected chi connectivity index (χ4v) is 3.63. The lowest BCUT2D eigenvalue weighted by molar-refractivity contribution is -0.144. The summed E-state index contributed by atoms with van der Waals surface area (Å²) >= 11 is 0. The van der Waals surface area contributed by atoms with Crippen molar-refractivity contribution in [1.82, 2.24) is 9.29 Å². The predicted molar refractivity (Wildman–Crippen MR) is 99.1 cm³/mol. The van der Waals surface area contributed by atoms with Gasteiger partial charge in [-0.25, -0.2) is 12.7 Å². The summed E-state index contributed by atoms with van der Waals surface area (Å²) in [4.78, 5) is 15.5. The first-order valence-corrected chi connectivity index (χ1v) is 9.54. The second-order valence-electron chi connectivity index (χ2n) is 6.13. The third-order valence-corrected chi connectivity index (χ3v) is 5.90. The van der Waals surface area contributed by atoms with Crippen LogP contribution in [0, 0.1) is 0 Å². The molecular weight excluding hydrogens is 352 g/mol. The van der Waals surface area contributed by atoms with Crippen molar-refractivity contribution in [2.75, 3.05) is 14.1 Å². The van der Waals surface area contributed by atoms with Crippen LogP contribution in [0.5, 0.6) is 0 Å². The fourth-order valence-electron chi connectivity index (χ4n) is 2.65. The standard InChI is InChI=1S/C19H20N2O4S/c1-21(2)26(23,24)16-7-5-6-14(10-16)13-25-19(22)11-15-12-20-18-9-4-3-8-17(15)18/h3-10,12,20H,11,13H2,1-2H3. The van der Waals surface area contributed by atoms with Crippen molar-refractivity contribution in [3.63, 3.8) is 0 Å². The lowest BCUT2D eigenvalue weighted by Crippen LogP contribution is -2.22. The normalized spacial score (nSPS) is 11.8. The Bertz CT molecular complexity index is 1040. The highest BCUT2D eigenvalue weighted by molar-refractivity contribution is 7.89. The number of carbonyl (C=O) groups excluding carboxylic acids is 1. The molecule has 0 saturated heterocycles. The number of hydrogen-bond donors (Lipinski definition) is 1. The average molecular weight is 372 g/mol. The molecule has 0 aliphatic rings. The van der Waals surface area contributed by atoms with Crippen molar-refractivity contribution < 1.29 is 17.9 Å². The second-order valence-corrected chi connectivity index (χ2v) is 8.28. The molecule has 136 valence electrons. The Hall–Kier alpha value is -2.64. The zero-order chi connectivity index (χ0) is 18.7. The molecule has 0 aliphatic heterocycles. The van der Waals surface area contributed by atoms with E-state index < -0.39 is 10.0 Å². The van der Waals surface area contributed by atoms with Gasteiger partial charge in [0.25, 0.3) is 0 Å². The van der Waals surface area contributed by atoms with E-state index in [0.717, 1.165) is 20.8 Å². The molecule has 26 heavy (non-hydrogen) atoms. The zero-order valence-electron chi connectivity index (χ0n) is 14.6. The molecule has 0 amide bonds. The van der Waals surface area contributed by atoms with Gasteiger partial charge in [0, 0.05) is 31.2 Å². The van der Waals surface area contributed by atoms with Crippen molar-refractivity contribution in [3.05, 3.63) is 65.9 Å². The molecule has 0 radical (unpaired) electrons. The molecular formula is C19H20N2O4S. The third kappa shape index (κ3) is 3.79. The molecule has 0 unspecified atom stereocenters. The Morgan fingerprint density at radius 2 is 1.88 bits per heavy atom. The third-order valence-electron chi connectivity index (χ3n) is 4.09. The number of aromatic amines is 1. The van der Waals surface area contributed by atoms with Crippen molar-refractivity contribution >= 4 is 26.9 Å². The zero-order valence-corrected chi connectivity index (χ0v) is 15.4. The van der Waals surface area contributed by atoms with Gasteiger partial charge in [-0.1, -0.05) is 30.3 Å². The number of nitrogens with zero attached hydrogens (tertiary/aromatic N) is 1. The maximum Gasteiger partial charge on any atom is 0.310 e. The second kappa shape index (κ2) is 7.31. The molecule has 3 rings (SSSR count). The minimum Gasteiger partial charge on any atom is -0.461 e. The molecule has 0 saturated carbocycles. The van der Waals surface area contributed by atoms with Crippen LogP contribution in [0.1, 0.15) is 11.1 Å². The van der Waals surface area contributed by atoms with Crippen molar-refractivity contribution in [2.45, 2.75) is 17.9 Å². The van der Waals surface area contributed by atoms with Crippen LogP contribution in [0.4, 0.5) is 0 Å². The highest BCUT2D eigenvalue weighted by Crippen LogP contribution is 2.19. The molecule has 0 fully saturated rings. The van der Waals surface area contributed by atoms with Crippen LogP contribution in [-0.2, 0) is 32.6 Å². The van der Waals surface area contributed by atoms with Crippen LogP contribution in [0.25, 0.3) is 10.9 Å². The first kappa shape index (κ1) is 18.2. The Morgan fingerprint density at radius 3 is 2.65 bits per heavy atom. The SMILES string of the molecule is CN(C)S(=O)(=O)c1cccc(COC(=O)Cc2c[nH]c3ccccc23)c1. The number of carbonyl (C=O) groups is 1. The number of nitrogens with one attached hydrogen (secondary N) is 1. The first-order chi connectivity index (χ1) is 12.4. The van der Waals surface area contributed by atoms with Crippen LogP contribution in [-0.4, -0.2) is 37.8 Å². The number of hydrogen-bond acceptors (Lipinski definition) is 4. The fraction of sp³-hybridized carbons (Fsp3) is 0.211. The molecule has 1 aromatic heterocycles. The Kier molecular flexibility index (Phi) is 5.11. The maximum atomic E-state index is 12.2. The van der Waals surface area contributed by atoms with E-state index in [2.05, 4.69) is 4.98 Å². The van der Waals surface area contributed by atoms with Crippen LogP contribution in [0.2, 0.25) is 0 Å². The Labute approximate surface area is 152 Å². The number of sulfonamides is 1. The largest absolute Gasteiger partial charge is 0.461 e. The highest BCUT2D eigenvalue weighted by Gasteiger charge is 2.17. The summed E-state index contributed by atoms with van der Waals surface area (Å²) in [5, 5.41) is 0.989. The van der Waals surface area contributed by atoms with Gasteiger partial charge in [-0.2, -0.15) is 0 Å². The van der Waals surface area contributed by atoms with E-state index in [0.29, 0.717) is 5.56 Å². The van der Waals surface area contributed by atoms with E-state index >= 15 is 0 Å². The number of esters is 1. The van der Waals surface area contributed by atoms with Crippen LogP contribution in [0.15, 0.2) is 59.6 Å². The van der Waals surface area contributed by atoms with E-state index in [1.54, 1.807) is 18.3 Å². The number of H-pyrrole nitrogens is 1. The van der Waals surface area contributed by atoms with Gasteiger partial charge in [0.05, 0.1) is 11.3 Å². The van der Waals surface area contributed by atoms with Crippen molar-refractivity contribution in [2.24, 2.45) is 0 Å². The monoisotopic (exact) mass is 372 g/mol. The number of benzene rings is 2. The molecule has 0 spiro atoms. The summed E-state index contributed by atoms with van der Waals surface area (Å²) in [6, 6.07) is 14.1. The molecule has 0 atom stereocenters. The predicted octanol–water partition coefficient (Wildman–Crippen LogP) is 2.70. The van der Waals surface area contributed by atoms with Gasteiger partial charge in [-0.05, 0) is 29.3 Å². The molecule has 3 aromatic rings. The van der Waals surface area contributed by atoms with Crippen LogP contribution < -0.4 is 0 Å². The van der Waals surface area contributed by atoms with Gasteiger partial charge in [0.2, 0.25) is 10.0 Å². The molecule has 0 aliphatic carbocycles. The molecule has 0 bridgehead atoms. The molecule has 2 aromatic carbocycles. The van der Waals surface area contributed by atoms with Gasteiger partial charge in [0.1, 0.15) is 6.61 Å². The van der Waals surface area contributed by atoms with Gasteiger partial charge in [-0.15, -0.1) is 0 Å². The number of rotatable bonds is 6. The van der Waals surface area contributed by atoms with Crippen LogP contribution in [0.3, 0.4) is 0 Å². The van der Waals surface area contributed by atoms with E-state index in [-0.39, 0.29) is 23.9 Å². The molecule has 1 N–H and O–H groups in total. The molecule has 1 heterocycles. The van der Waals surface area contributed by atoms with E-state index in [1.807, 2.05) is 24.3 Å². The summed E-state index contributed by atoms with van der Waals surface area (Å²) in [6.45, 7) is 0.0258. The van der Waals surface area contributed by atoms with Crippen LogP contribution >= 0.6 is 0 Å². The van der Waals surface area contributed by atoms with E-state index in [4.69, 9.17) is 4.74 Å². The minimum atomic E-state index is -3.51. The van der Waals surface area contributed by atoms with E-state index in [1.165, 1.54) is 26.2 Å². The summed E-state index contributed by atoms with van der Waals surface area (Å²) < 4.78 is 30.8. The van der Waals surface area contributed by atoms with Crippen molar-refractivity contribution in [3.8, 4) is 0 Å². The summed E-state index contributed by atoms with van der Waals surface area (Å²) in [5.74, 6) is -0.365. The lowest BCUT2D eigenvalue weighted by atomic mass is 10.1. The smallest absolute Gasteiger partial charge is 0.310 e. The topological polar surface area (TPSA) is 79.5 Å². The first-order valence-electron chi connectivity index (χ1n) is 8.10. The number of ether oxygens (including phenoxy) is 1. The quantitative estimate of drug-likeness (QED) is 0.675. The van der Waals surface area contributed by atoms with Gasteiger partial charge in [0.15, 0.2) is 0 Å². The number of aromatic nitrogens is 1. The number of fused-ring (bicyclic) bond motifs is 1. The van der Waals surface area contributed by atoms with Gasteiger partial charge < -0.3 is 9.72 Å². The van der Waals surface area contributed by atoms with Gasteiger partial charge in [-0.3, -0.25) is 4.79 Å². The Morgan fingerprint density at radius 1 is 1.12 bits per heavy atom. The van der Waals surface area contributed by atoms with E-state index in [9.17, 15) is 13.2 Å². The van der Waals surface area contributed by atoms with Gasteiger partial charge >= 0.3 is 5.97 Å². The average Bonchev–Trinajstić information content (AvgIpc) is 3.03. The molecule has 7 heteroatoms. The minimum absolute atomic E-state index is 0.0258. The summed E-state index contributed by atoms with van der Waals surface area (Å²) in [6.07, 6.45) is 1.95. The summed E-state index contributed by atoms with van der Waals surface area (Å²) in [5.41, 5.74) is 2.46. The lowest BCUT2D eigenvalue weighted by Gasteiger charge is -2.12. The Balaban J connectivity index is 1.67. The van der Waals surface area contributed by atoms with Crippen molar-refractivity contribution in [1.29, 1.82) is 0 Å². The summed E-state index contributed by atoms with van der Waals surface area (Å²) in [7, 11) is -0.564. The maximum absolute atomic E-state index is 12.2. The molecule has 6 nitrogen and oxygen atoms in total.